The fraction of sp³-hybridized carbons (Fsp3) is 0.286. The lowest BCUT2D eigenvalue weighted by atomic mass is 10.1. The minimum Gasteiger partial charge on any atom is -0.497 e. The highest BCUT2D eigenvalue weighted by molar-refractivity contribution is 5.73. The van der Waals surface area contributed by atoms with Crippen LogP contribution in [0.25, 0.3) is 11.3 Å². The number of anilines is 1. The van der Waals surface area contributed by atoms with Crippen LogP contribution in [0.3, 0.4) is 0 Å². The van der Waals surface area contributed by atoms with E-state index in [1.807, 2.05) is 25.1 Å². The Morgan fingerprint density at radius 1 is 1.00 bits per heavy atom. The maximum Gasteiger partial charge on any atom is 0.152 e. The van der Waals surface area contributed by atoms with E-state index in [2.05, 4.69) is 15.3 Å². The molecule has 2 rings (SSSR count). The van der Waals surface area contributed by atoms with Gasteiger partial charge >= 0.3 is 0 Å². The zero-order chi connectivity index (χ0) is 13.7. The Labute approximate surface area is 112 Å². The van der Waals surface area contributed by atoms with Crippen molar-refractivity contribution < 1.29 is 9.47 Å². The van der Waals surface area contributed by atoms with Crippen molar-refractivity contribution in [3.63, 3.8) is 0 Å². The number of nitrogens with zero attached hydrogens (tertiary/aromatic N) is 2. The van der Waals surface area contributed by atoms with Gasteiger partial charge in [-0.25, -0.2) is 4.98 Å². The molecule has 0 spiro atoms. The first-order valence-electron chi connectivity index (χ1n) is 6.06. The summed E-state index contributed by atoms with van der Waals surface area (Å²) >= 11 is 0. The average Bonchev–Trinajstić information content (AvgIpc) is 2.47. The molecule has 0 radical (unpaired) electrons. The first kappa shape index (κ1) is 13.1. The third-order valence-electron chi connectivity index (χ3n) is 2.67. The summed E-state index contributed by atoms with van der Waals surface area (Å²) in [5.41, 5.74) is 1.68. The largest absolute Gasteiger partial charge is 0.497 e. The smallest absolute Gasteiger partial charge is 0.152 e. The van der Waals surface area contributed by atoms with Gasteiger partial charge in [-0.3, -0.25) is 4.98 Å². The molecule has 5 heteroatoms. The van der Waals surface area contributed by atoms with Crippen molar-refractivity contribution >= 4 is 5.82 Å². The van der Waals surface area contributed by atoms with Gasteiger partial charge in [0.1, 0.15) is 17.2 Å². The van der Waals surface area contributed by atoms with Gasteiger partial charge in [0.15, 0.2) is 5.82 Å². The lowest BCUT2D eigenvalue weighted by molar-refractivity contribution is 0.394. The van der Waals surface area contributed by atoms with E-state index in [9.17, 15) is 0 Å². The van der Waals surface area contributed by atoms with Gasteiger partial charge in [0.05, 0.1) is 14.2 Å². The fourth-order valence-electron chi connectivity index (χ4n) is 1.79. The number of hydrogen-bond acceptors (Lipinski definition) is 5. The van der Waals surface area contributed by atoms with E-state index in [1.165, 1.54) is 0 Å². The van der Waals surface area contributed by atoms with Gasteiger partial charge in [-0.05, 0) is 19.1 Å². The molecule has 1 N–H and O–H groups in total. The van der Waals surface area contributed by atoms with Crippen LogP contribution in [0.4, 0.5) is 5.82 Å². The van der Waals surface area contributed by atoms with Crippen LogP contribution >= 0.6 is 0 Å². The van der Waals surface area contributed by atoms with Crippen molar-refractivity contribution in [1.82, 2.24) is 9.97 Å². The van der Waals surface area contributed by atoms with Crippen molar-refractivity contribution in [2.24, 2.45) is 0 Å². The monoisotopic (exact) mass is 259 g/mol. The molecule has 0 saturated carbocycles. The summed E-state index contributed by atoms with van der Waals surface area (Å²) in [7, 11) is 3.25. The Morgan fingerprint density at radius 2 is 1.63 bits per heavy atom. The topological polar surface area (TPSA) is 56.3 Å². The first-order valence-corrected chi connectivity index (χ1v) is 6.06. The molecule has 1 aromatic carbocycles. The summed E-state index contributed by atoms with van der Waals surface area (Å²) in [4.78, 5) is 8.68. The number of rotatable bonds is 5. The SMILES string of the molecule is CCNc1nccnc1-c1cc(OC)cc(OC)c1. The van der Waals surface area contributed by atoms with E-state index < -0.39 is 0 Å². The Hall–Kier alpha value is -2.30. The molecule has 0 fully saturated rings. The Kier molecular flexibility index (Phi) is 4.18. The molecule has 19 heavy (non-hydrogen) atoms. The maximum absolute atomic E-state index is 5.27. The van der Waals surface area contributed by atoms with E-state index >= 15 is 0 Å². The summed E-state index contributed by atoms with van der Waals surface area (Å²) in [6.45, 7) is 2.80. The third kappa shape index (κ3) is 2.93. The number of benzene rings is 1. The van der Waals surface area contributed by atoms with Crippen LogP contribution in [0.2, 0.25) is 0 Å². The molecule has 2 aromatic rings. The normalized spacial score (nSPS) is 10.1. The Balaban J connectivity index is 2.51. The molecule has 1 heterocycles. The molecule has 5 nitrogen and oxygen atoms in total. The van der Waals surface area contributed by atoms with Gasteiger partial charge in [-0.1, -0.05) is 0 Å². The Morgan fingerprint density at radius 3 is 2.21 bits per heavy atom. The molecule has 0 unspecified atom stereocenters. The van der Waals surface area contributed by atoms with Crippen molar-refractivity contribution in [2.45, 2.75) is 6.92 Å². The highest BCUT2D eigenvalue weighted by Gasteiger charge is 2.10. The predicted molar refractivity (Wildman–Crippen MR) is 74.7 cm³/mol. The second kappa shape index (κ2) is 6.04. The molecular weight excluding hydrogens is 242 g/mol. The average molecular weight is 259 g/mol. The van der Waals surface area contributed by atoms with Crippen LogP contribution < -0.4 is 14.8 Å². The van der Waals surface area contributed by atoms with Crippen LogP contribution in [0.5, 0.6) is 11.5 Å². The summed E-state index contributed by atoms with van der Waals surface area (Å²) in [6, 6.07) is 5.65. The van der Waals surface area contributed by atoms with Gasteiger partial charge in [0.2, 0.25) is 0 Å². The van der Waals surface area contributed by atoms with E-state index in [0.717, 1.165) is 35.1 Å². The van der Waals surface area contributed by atoms with Crippen LogP contribution in [-0.2, 0) is 0 Å². The molecular formula is C14H17N3O2. The Bertz CT molecular complexity index is 536. The van der Waals surface area contributed by atoms with E-state index in [4.69, 9.17) is 9.47 Å². The summed E-state index contributed by atoms with van der Waals surface area (Å²) in [5, 5.41) is 3.19. The third-order valence-corrected chi connectivity index (χ3v) is 2.67. The number of methoxy groups -OCH3 is 2. The minimum atomic E-state index is 0.724. The fourth-order valence-corrected chi connectivity index (χ4v) is 1.79. The maximum atomic E-state index is 5.27. The standard InChI is InChI=1S/C14H17N3O2/c1-4-15-14-13(16-5-6-17-14)10-7-11(18-2)9-12(8-10)19-3/h5-9H,4H2,1-3H3,(H,15,17). The zero-order valence-electron chi connectivity index (χ0n) is 11.3. The minimum absolute atomic E-state index is 0.724. The molecule has 0 atom stereocenters. The zero-order valence-corrected chi connectivity index (χ0v) is 11.3. The van der Waals surface area contributed by atoms with Gasteiger partial charge in [-0.15, -0.1) is 0 Å². The summed E-state index contributed by atoms with van der Waals surface area (Å²) < 4.78 is 10.5. The van der Waals surface area contributed by atoms with Crippen LogP contribution in [-0.4, -0.2) is 30.7 Å². The van der Waals surface area contributed by atoms with Gasteiger partial charge in [0.25, 0.3) is 0 Å². The number of hydrogen-bond donors (Lipinski definition) is 1. The quantitative estimate of drug-likeness (QED) is 0.894. The molecule has 0 bridgehead atoms. The van der Waals surface area contributed by atoms with Gasteiger partial charge in [0, 0.05) is 30.6 Å². The van der Waals surface area contributed by atoms with E-state index in [-0.39, 0.29) is 0 Å². The van der Waals surface area contributed by atoms with Crippen LogP contribution in [0.1, 0.15) is 6.92 Å². The lowest BCUT2D eigenvalue weighted by Crippen LogP contribution is -2.02. The molecule has 0 aliphatic heterocycles. The second-order valence-electron chi connectivity index (χ2n) is 3.89. The number of ether oxygens (including phenoxy) is 2. The molecule has 0 aliphatic rings. The van der Waals surface area contributed by atoms with Crippen LogP contribution in [0, 0.1) is 0 Å². The molecule has 1 aromatic heterocycles. The molecule has 100 valence electrons. The predicted octanol–water partition coefficient (Wildman–Crippen LogP) is 2.59. The van der Waals surface area contributed by atoms with Crippen molar-refractivity contribution in [3.05, 3.63) is 30.6 Å². The number of aromatic nitrogens is 2. The number of nitrogens with one attached hydrogen (secondary N) is 1. The summed E-state index contributed by atoms with van der Waals surface area (Å²) in [6.07, 6.45) is 3.33. The van der Waals surface area contributed by atoms with Crippen molar-refractivity contribution in [1.29, 1.82) is 0 Å². The van der Waals surface area contributed by atoms with E-state index in [1.54, 1.807) is 26.6 Å². The molecule has 0 amide bonds. The highest BCUT2D eigenvalue weighted by Crippen LogP contribution is 2.31. The summed E-state index contributed by atoms with van der Waals surface area (Å²) in [5.74, 6) is 2.20. The molecule has 0 saturated heterocycles. The first-order chi connectivity index (χ1) is 9.28. The second-order valence-corrected chi connectivity index (χ2v) is 3.89. The van der Waals surface area contributed by atoms with Crippen LogP contribution in [0.15, 0.2) is 30.6 Å². The van der Waals surface area contributed by atoms with Gasteiger partial charge < -0.3 is 14.8 Å². The van der Waals surface area contributed by atoms with Gasteiger partial charge in [-0.2, -0.15) is 0 Å². The van der Waals surface area contributed by atoms with Crippen molar-refractivity contribution in [3.8, 4) is 22.8 Å². The molecule has 0 aliphatic carbocycles. The van der Waals surface area contributed by atoms with Crippen molar-refractivity contribution in [2.75, 3.05) is 26.1 Å². The van der Waals surface area contributed by atoms with E-state index in [0.29, 0.717) is 0 Å². The highest BCUT2D eigenvalue weighted by atomic mass is 16.5. The lowest BCUT2D eigenvalue weighted by Gasteiger charge is -2.11.